The zero-order valence-corrected chi connectivity index (χ0v) is 17.7. The normalized spacial score (nSPS) is 10.7. The second-order valence-corrected chi connectivity index (χ2v) is 8.07. The number of carbonyl (C=O) groups excluding carboxylic acids is 1. The Balaban J connectivity index is 1.51. The molecule has 3 aromatic rings. The molecular weight excluding hydrogens is 398 g/mol. The van der Waals surface area contributed by atoms with Crippen molar-refractivity contribution in [2.45, 2.75) is 25.6 Å². The average Bonchev–Trinajstić information content (AvgIpc) is 3.20. The molecule has 0 saturated carbocycles. The Kier molecular flexibility index (Phi) is 6.53. The maximum absolute atomic E-state index is 12.1. The number of anilines is 1. The van der Waals surface area contributed by atoms with E-state index < -0.39 is 0 Å². The van der Waals surface area contributed by atoms with Crippen LogP contribution in [0.5, 0.6) is 11.5 Å². The van der Waals surface area contributed by atoms with Crippen LogP contribution in [-0.4, -0.2) is 38.5 Å². The van der Waals surface area contributed by atoms with Crippen molar-refractivity contribution in [3.8, 4) is 11.5 Å². The van der Waals surface area contributed by atoms with Crippen molar-refractivity contribution in [1.29, 1.82) is 0 Å². The zero-order chi connectivity index (χ0) is 20.1. The molecule has 2 heterocycles. The number of nitrogens with one attached hydrogen (secondary N) is 1. The summed E-state index contributed by atoms with van der Waals surface area (Å²) in [6, 6.07) is 7.32. The number of rotatable bonds is 8. The maximum Gasteiger partial charge on any atom is 0.236 e. The molecule has 0 aliphatic carbocycles. The van der Waals surface area contributed by atoms with Crippen LogP contribution in [0.4, 0.5) is 5.13 Å². The number of hydrogen-bond donors (Lipinski definition) is 1. The molecule has 2 aromatic heterocycles. The first-order valence-corrected chi connectivity index (χ1v) is 10.3. The van der Waals surface area contributed by atoms with Crippen molar-refractivity contribution < 1.29 is 14.3 Å². The number of hydrogen-bond acceptors (Lipinski definition) is 8. The van der Waals surface area contributed by atoms with Crippen LogP contribution in [0, 0.1) is 13.8 Å². The van der Waals surface area contributed by atoms with Crippen molar-refractivity contribution in [3.63, 3.8) is 0 Å². The van der Waals surface area contributed by atoms with Crippen molar-refractivity contribution in [1.82, 2.24) is 19.7 Å². The van der Waals surface area contributed by atoms with Gasteiger partial charge in [0.25, 0.3) is 0 Å². The lowest BCUT2D eigenvalue weighted by atomic mass is 10.3. The standard InChI is InChI=1S/C18H21N5O3S2/c1-11-12(2)28-17(19-11)20-16(24)10-27-18-22-21-15(23(18)3)9-26-14-7-5-13(25-4)6-8-14/h5-8H,9-10H2,1-4H3,(H,19,20,24). The minimum atomic E-state index is -0.127. The van der Waals surface area contributed by atoms with Crippen molar-refractivity contribution in [2.24, 2.45) is 7.05 Å². The largest absolute Gasteiger partial charge is 0.497 e. The molecule has 0 bridgehead atoms. The molecule has 3 rings (SSSR count). The number of thiazole rings is 1. The van der Waals surface area contributed by atoms with Gasteiger partial charge in [0.1, 0.15) is 18.1 Å². The molecule has 0 unspecified atom stereocenters. The minimum absolute atomic E-state index is 0.127. The average molecular weight is 420 g/mol. The summed E-state index contributed by atoms with van der Waals surface area (Å²) in [6.07, 6.45) is 0. The van der Waals surface area contributed by atoms with Gasteiger partial charge in [0.15, 0.2) is 16.1 Å². The molecule has 1 aromatic carbocycles. The highest BCUT2D eigenvalue weighted by Crippen LogP contribution is 2.22. The summed E-state index contributed by atoms with van der Waals surface area (Å²) >= 11 is 2.78. The van der Waals surface area contributed by atoms with E-state index in [9.17, 15) is 4.79 Å². The van der Waals surface area contributed by atoms with E-state index in [1.54, 1.807) is 7.11 Å². The van der Waals surface area contributed by atoms with E-state index in [0.717, 1.165) is 16.3 Å². The summed E-state index contributed by atoms with van der Waals surface area (Å²) in [5.41, 5.74) is 0.933. The van der Waals surface area contributed by atoms with Crippen LogP contribution in [0.2, 0.25) is 0 Å². The van der Waals surface area contributed by atoms with E-state index >= 15 is 0 Å². The topological polar surface area (TPSA) is 91.2 Å². The van der Waals surface area contributed by atoms with Crippen LogP contribution < -0.4 is 14.8 Å². The van der Waals surface area contributed by atoms with Gasteiger partial charge in [-0.05, 0) is 38.1 Å². The van der Waals surface area contributed by atoms with Gasteiger partial charge >= 0.3 is 0 Å². The van der Waals surface area contributed by atoms with Gasteiger partial charge in [-0.3, -0.25) is 4.79 Å². The highest BCUT2D eigenvalue weighted by Gasteiger charge is 2.13. The first-order chi connectivity index (χ1) is 13.5. The fourth-order valence-corrected chi connectivity index (χ4v) is 3.79. The number of nitrogens with zero attached hydrogens (tertiary/aromatic N) is 4. The molecule has 0 radical (unpaired) electrons. The van der Waals surface area contributed by atoms with Gasteiger partial charge in [0, 0.05) is 11.9 Å². The lowest BCUT2D eigenvalue weighted by molar-refractivity contribution is -0.113. The molecule has 0 atom stereocenters. The van der Waals surface area contributed by atoms with E-state index in [1.165, 1.54) is 23.1 Å². The quantitative estimate of drug-likeness (QED) is 0.561. The summed E-state index contributed by atoms with van der Waals surface area (Å²) in [4.78, 5) is 17.5. The number of aryl methyl sites for hydroxylation is 2. The van der Waals surface area contributed by atoms with E-state index in [2.05, 4.69) is 20.5 Å². The van der Waals surface area contributed by atoms with Crippen LogP contribution in [0.15, 0.2) is 29.4 Å². The molecule has 0 aliphatic rings. The van der Waals surface area contributed by atoms with Crippen molar-refractivity contribution in [2.75, 3.05) is 18.2 Å². The highest BCUT2D eigenvalue weighted by atomic mass is 32.2. The molecule has 8 nitrogen and oxygen atoms in total. The van der Waals surface area contributed by atoms with Gasteiger partial charge in [-0.1, -0.05) is 11.8 Å². The molecule has 1 N–H and O–H groups in total. The number of carbonyl (C=O) groups is 1. The second-order valence-electron chi connectivity index (χ2n) is 5.92. The van der Waals surface area contributed by atoms with Gasteiger partial charge in [0.2, 0.25) is 5.91 Å². The molecule has 148 valence electrons. The molecule has 0 saturated heterocycles. The SMILES string of the molecule is COc1ccc(OCc2nnc(SCC(=O)Nc3nc(C)c(C)s3)n2C)cc1. The Bertz CT molecular complexity index is 933. The summed E-state index contributed by atoms with van der Waals surface area (Å²) in [5, 5.41) is 12.4. The smallest absolute Gasteiger partial charge is 0.236 e. The van der Waals surface area contributed by atoms with Gasteiger partial charge in [-0.25, -0.2) is 4.98 Å². The predicted molar refractivity (Wildman–Crippen MR) is 109 cm³/mol. The third-order valence-corrected chi connectivity index (χ3v) is 5.97. The van der Waals surface area contributed by atoms with E-state index in [1.807, 2.05) is 49.7 Å². The Hall–Kier alpha value is -2.59. The van der Waals surface area contributed by atoms with Crippen molar-refractivity contribution >= 4 is 34.1 Å². The lowest BCUT2D eigenvalue weighted by Crippen LogP contribution is -2.14. The monoisotopic (exact) mass is 419 g/mol. The number of ether oxygens (including phenoxy) is 2. The summed E-state index contributed by atoms with van der Waals surface area (Å²) < 4.78 is 12.7. The number of aromatic nitrogens is 4. The molecule has 0 spiro atoms. The van der Waals surface area contributed by atoms with Gasteiger partial charge in [-0.2, -0.15) is 0 Å². The fourth-order valence-electron chi connectivity index (χ4n) is 2.23. The van der Waals surface area contributed by atoms with Gasteiger partial charge in [0.05, 0.1) is 18.6 Å². The first-order valence-electron chi connectivity index (χ1n) is 8.48. The molecule has 0 fully saturated rings. The second kappa shape index (κ2) is 9.07. The molecule has 1 amide bonds. The third kappa shape index (κ3) is 5.02. The van der Waals surface area contributed by atoms with E-state index in [-0.39, 0.29) is 18.3 Å². The van der Waals surface area contributed by atoms with E-state index in [0.29, 0.717) is 21.9 Å². The Morgan fingerprint density at radius 2 is 1.93 bits per heavy atom. The molecule has 28 heavy (non-hydrogen) atoms. The summed E-state index contributed by atoms with van der Waals surface area (Å²) in [7, 11) is 3.47. The number of amides is 1. The van der Waals surface area contributed by atoms with Gasteiger partial charge in [-0.15, -0.1) is 21.5 Å². The number of methoxy groups -OCH3 is 1. The Labute approximate surface area is 171 Å². The zero-order valence-electron chi connectivity index (χ0n) is 16.1. The van der Waals surface area contributed by atoms with Crippen LogP contribution in [-0.2, 0) is 18.4 Å². The predicted octanol–water partition coefficient (Wildman–Crippen LogP) is 3.21. The van der Waals surface area contributed by atoms with Crippen LogP contribution in [0.1, 0.15) is 16.4 Å². The van der Waals surface area contributed by atoms with Crippen LogP contribution in [0.3, 0.4) is 0 Å². The molecular formula is C18H21N5O3S2. The highest BCUT2D eigenvalue weighted by molar-refractivity contribution is 7.99. The summed E-state index contributed by atoms with van der Waals surface area (Å²) in [6.45, 7) is 4.18. The van der Waals surface area contributed by atoms with Crippen LogP contribution in [0.25, 0.3) is 0 Å². The molecule has 0 aliphatic heterocycles. The minimum Gasteiger partial charge on any atom is -0.497 e. The Morgan fingerprint density at radius 3 is 2.57 bits per heavy atom. The summed E-state index contributed by atoms with van der Waals surface area (Å²) in [5.74, 6) is 2.25. The van der Waals surface area contributed by atoms with Crippen LogP contribution >= 0.6 is 23.1 Å². The third-order valence-electron chi connectivity index (χ3n) is 3.96. The van der Waals surface area contributed by atoms with Gasteiger partial charge < -0.3 is 19.4 Å². The lowest BCUT2D eigenvalue weighted by Gasteiger charge is -2.07. The van der Waals surface area contributed by atoms with Crippen molar-refractivity contribution in [3.05, 3.63) is 40.7 Å². The fraction of sp³-hybridized carbons (Fsp3) is 0.333. The maximum atomic E-state index is 12.1. The Morgan fingerprint density at radius 1 is 1.21 bits per heavy atom. The van der Waals surface area contributed by atoms with E-state index in [4.69, 9.17) is 9.47 Å². The molecule has 10 heteroatoms. The first kappa shape index (κ1) is 20.2. The number of benzene rings is 1. The number of thioether (sulfide) groups is 1.